The summed E-state index contributed by atoms with van der Waals surface area (Å²) in [6.45, 7) is 9.54. The highest BCUT2D eigenvalue weighted by Crippen LogP contribution is 2.28. The summed E-state index contributed by atoms with van der Waals surface area (Å²) in [6, 6.07) is -0.189. The summed E-state index contributed by atoms with van der Waals surface area (Å²) < 4.78 is 0. The second kappa shape index (κ2) is 5.35. The van der Waals surface area contributed by atoms with Crippen molar-refractivity contribution in [3.8, 4) is 0 Å². The van der Waals surface area contributed by atoms with Crippen LogP contribution in [-0.4, -0.2) is 59.4 Å². The van der Waals surface area contributed by atoms with Crippen LogP contribution in [0.25, 0.3) is 0 Å². The van der Waals surface area contributed by atoms with E-state index in [1.807, 2.05) is 18.7 Å². The van der Waals surface area contributed by atoms with Crippen molar-refractivity contribution >= 4 is 11.8 Å². The molecule has 0 saturated carbocycles. The first kappa shape index (κ1) is 15.3. The molecule has 2 saturated heterocycles. The van der Waals surface area contributed by atoms with Gasteiger partial charge < -0.3 is 15.1 Å². The first-order chi connectivity index (χ1) is 9.24. The van der Waals surface area contributed by atoms with Gasteiger partial charge in [0, 0.05) is 12.6 Å². The number of likely N-dealkylation sites (tertiary alicyclic amines) is 1. The molecule has 5 heteroatoms. The molecule has 0 bridgehead atoms. The van der Waals surface area contributed by atoms with Crippen LogP contribution in [0.15, 0.2) is 0 Å². The molecule has 5 nitrogen and oxygen atoms in total. The minimum Gasteiger partial charge on any atom is -0.340 e. The molecule has 1 N–H and O–H groups in total. The number of nitrogens with one attached hydrogen (secondary N) is 1. The fourth-order valence-corrected chi connectivity index (χ4v) is 3.39. The van der Waals surface area contributed by atoms with Crippen LogP contribution in [0.4, 0.5) is 0 Å². The number of hydrogen-bond acceptors (Lipinski definition) is 3. The number of piperazine rings is 1. The molecule has 2 atom stereocenters. The largest absolute Gasteiger partial charge is 0.340 e. The van der Waals surface area contributed by atoms with Crippen LogP contribution in [0.1, 0.15) is 40.5 Å². The molecular weight excluding hydrogens is 254 g/mol. The Morgan fingerprint density at radius 3 is 2.50 bits per heavy atom. The zero-order valence-corrected chi connectivity index (χ0v) is 13.3. The van der Waals surface area contributed by atoms with E-state index in [2.05, 4.69) is 17.3 Å². The minimum atomic E-state index is -0.793. The number of nitrogens with zero attached hydrogens (tertiary/aromatic N) is 2. The average Bonchev–Trinajstić information content (AvgIpc) is 2.32. The maximum absolute atomic E-state index is 12.8. The molecule has 2 fully saturated rings. The highest BCUT2D eigenvalue weighted by Gasteiger charge is 2.49. The molecule has 0 aliphatic carbocycles. The first-order valence-corrected chi connectivity index (χ1v) is 7.57. The molecule has 2 aliphatic rings. The van der Waals surface area contributed by atoms with E-state index >= 15 is 0 Å². The number of rotatable bonds is 2. The Bertz CT molecular complexity index is 406. The van der Waals surface area contributed by atoms with Gasteiger partial charge >= 0.3 is 0 Å². The fourth-order valence-electron chi connectivity index (χ4n) is 3.39. The number of carbonyl (C=O) groups is 2. The second-order valence-corrected chi connectivity index (χ2v) is 7.07. The fraction of sp³-hybridized carbons (Fsp3) is 0.867. The van der Waals surface area contributed by atoms with Crippen molar-refractivity contribution in [3.05, 3.63) is 0 Å². The highest BCUT2D eigenvalue weighted by molar-refractivity contribution is 5.99. The Kier molecular flexibility index (Phi) is 4.09. The number of likely N-dealkylation sites (N-methyl/N-ethyl adjacent to an activating group) is 1. The van der Waals surface area contributed by atoms with Crippen molar-refractivity contribution in [2.24, 2.45) is 5.92 Å². The van der Waals surface area contributed by atoms with Crippen molar-refractivity contribution in [2.75, 3.05) is 20.1 Å². The van der Waals surface area contributed by atoms with Crippen LogP contribution in [0, 0.1) is 5.92 Å². The Morgan fingerprint density at radius 1 is 1.30 bits per heavy atom. The van der Waals surface area contributed by atoms with Gasteiger partial charge in [-0.3, -0.25) is 9.59 Å². The van der Waals surface area contributed by atoms with Gasteiger partial charge in [-0.2, -0.15) is 0 Å². The third-order valence-corrected chi connectivity index (χ3v) is 4.40. The lowest BCUT2D eigenvalue weighted by Gasteiger charge is -2.49. The third-order valence-electron chi connectivity index (χ3n) is 4.40. The summed E-state index contributed by atoms with van der Waals surface area (Å²) in [7, 11) is 2.08. The number of amides is 2. The topological polar surface area (TPSA) is 52.7 Å². The monoisotopic (exact) mass is 281 g/mol. The molecule has 2 amide bonds. The maximum atomic E-state index is 12.8. The SMILES string of the molecule is CC(C)C1C(=O)NC(C)(C)C(=O)N1C1CCCN(C)C1. The Morgan fingerprint density at radius 2 is 1.95 bits per heavy atom. The van der Waals surface area contributed by atoms with Gasteiger partial charge in [0.1, 0.15) is 11.6 Å². The molecule has 20 heavy (non-hydrogen) atoms. The molecule has 2 aliphatic heterocycles. The molecule has 0 radical (unpaired) electrons. The summed E-state index contributed by atoms with van der Waals surface area (Å²) in [4.78, 5) is 29.3. The molecule has 2 rings (SSSR count). The third kappa shape index (κ3) is 2.68. The van der Waals surface area contributed by atoms with Gasteiger partial charge in [-0.15, -0.1) is 0 Å². The van der Waals surface area contributed by atoms with Gasteiger partial charge in [0.2, 0.25) is 11.8 Å². The lowest BCUT2D eigenvalue weighted by Crippen LogP contribution is -2.72. The van der Waals surface area contributed by atoms with Crippen LogP contribution < -0.4 is 5.32 Å². The van der Waals surface area contributed by atoms with E-state index in [9.17, 15) is 9.59 Å². The molecule has 0 aromatic carbocycles. The average molecular weight is 281 g/mol. The molecular formula is C15H27N3O2. The van der Waals surface area contributed by atoms with E-state index in [4.69, 9.17) is 0 Å². The normalized spacial score (nSPS) is 31.6. The molecule has 0 spiro atoms. The zero-order chi connectivity index (χ0) is 15.1. The van der Waals surface area contributed by atoms with E-state index < -0.39 is 5.54 Å². The van der Waals surface area contributed by atoms with E-state index in [0.717, 1.165) is 25.9 Å². The van der Waals surface area contributed by atoms with Crippen molar-refractivity contribution in [1.82, 2.24) is 15.1 Å². The first-order valence-electron chi connectivity index (χ1n) is 7.57. The van der Waals surface area contributed by atoms with Gasteiger partial charge in [0.05, 0.1) is 0 Å². The van der Waals surface area contributed by atoms with Crippen molar-refractivity contribution in [3.63, 3.8) is 0 Å². The lowest BCUT2D eigenvalue weighted by molar-refractivity contribution is -0.159. The molecule has 0 aromatic rings. The molecule has 0 aromatic heterocycles. The zero-order valence-electron chi connectivity index (χ0n) is 13.3. The summed E-state index contributed by atoms with van der Waals surface area (Å²) in [5, 5.41) is 2.87. The second-order valence-electron chi connectivity index (χ2n) is 7.07. The van der Waals surface area contributed by atoms with Gasteiger partial charge in [0.15, 0.2) is 0 Å². The summed E-state index contributed by atoms with van der Waals surface area (Å²) in [5.41, 5.74) is -0.793. The standard InChI is InChI=1S/C15H27N3O2/c1-10(2)12-13(19)16-15(3,4)14(20)18(12)11-7-6-8-17(5)9-11/h10-12H,6-9H2,1-5H3,(H,16,19). The predicted octanol–water partition coefficient (Wildman–Crippen LogP) is 0.842. The van der Waals surface area contributed by atoms with E-state index in [1.165, 1.54) is 0 Å². The summed E-state index contributed by atoms with van der Waals surface area (Å²) >= 11 is 0. The highest BCUT2D eigenvalue weighted by atomic mass is 16.2. The lowest BCUT2D eigenvalue weighted by atomic mass is 9.88. The van der Waals surface area contributed by atoms with Gasteiger partial charge in [-0.05, 0) is 46.2 Å². The maximum Gasteiger partial charge on any atom is 0.248 e. The van der Waals surface area contributed by atoms with Crippen molar-refractivity contribution in [1.29, 1.82) is 0 Å². The minimum absolute atomic E-state index is 0.0159. The number of piperidine rings is 1. The summed E-state index contributed by atoms with van der Waals surface area (Å²) in [5.74, 6) is 0.163. The molecule has 114 valence electrons. The van der Waals surface area contributed by atoms with E-state index in [0.29, 0.717) is 0 Å². The smallest absolute Gasteiger partial charge is 0.248 e. The van der Waals surface area contributed by atoms with Crippen LogP contribution in [0.2, 0.25) is 0 Å². The van der Waals surface area contributed by atoms with Crippen LogP contribution in [-0.2, 0) is 9.59 Å². The van der Waals surface area contributed by atoms with E-state index in [-0.39, 0.29) is 29.8 Å². The summed E-state index contributed by atoms with van der Waals surface area (Å²) in [6.07, 6.45) is 2.07. The number of carbonyl (C=O) groups excluding carboxylic acids is 2. The predicted molar refractivity (Wildman–Crippen MR) is 78.2 cm³/mol. The van der Waals surface area contributed by atoms with Gasteiger partial charge in [-0.1, -0.05) is 13.8 Å². The van der Waals surface area contributed by atoms with Crippen LogP contribution in [0.5, 0.6) is 0 Å². The Hall–Kier alpha value is -1.10. The molecule has 2 heterocycles. The van der Waals surface area contributed by atoms with Gasteiger partial charge in [0.25, 0.3) is 0 Å². The van der Waals surface area contributed by atoms with E-state index in [1.54, 1.807) is 13.8 Å². The number of hydrogen-bond donors (Lipinski definition) is 1. The Balaban J connectivity index is 2.32. The van der Waals surface area contributed by atoms with Crippen LogP contribution >= 0.6 is 0 Å². The van der Waals surface area contributed by atoms with Crippen molar-refractivity contribution in [2.45, 2.75) is 58.2 Å². The molecule has 2 unspecified atom stereocenters. The van der Waals surface area contributed by atoms with Crippen molar-refractivity contribution < 1.29 is 9.59 Å². The van der Waals surface area contributed by atoms with Crippen LogP contribution in [0.3, 0.4) is 0 Å². The van der Waals surface area contributed by atoms with Gasteiger partial charge in [-0.25, -0.2) is 0 Å². The quantitative estimate of drug-likeness (QED) is 0.816. The Labute approximate surface area is 121 Å².